The summed E-state index contributed by atoms with van der Waals surface area (Å²) in [6.07, 6.45) is 3.27. The molecule has 9 nitrogen and oxygen atoms in total. The Labute approximate surface area is 263 Å². The topological polar surface area (TPSA) is 74.3 Å². The van der Waals surface area contributed by atoms with E-state index in [0.29, 0.717) is 58.0 Å². The molecular formula is C33H40ClFN6O3. The van der Waals surface area contributed by atoms with Crippen molar-refractivity contribution < 1.29 is 18.7 Å². The zero-order valence-corrected chi connectivity index (χ0v) is 26.2. The number of carbonyl (C=O) groups excluding carboxylic acids is 1. The lowest BCUT2D eigenvalue weighted by Crippen LogP contribution is -2.49. The molecule has 4 heterocycles. The fraction of sp³-hybridized carbons (Fsp3) is 0.485. The van der Waals surface area contributed by atoms with Gasteiger partial charge in [0.15, 0.2) is 0 Å². The number of ether oxygens (including phenoxy) is 2. The third kappa shape index (κ3) is 6.62. The van der Waals surface area contributed by atoms with Crippen LogP contribution in [0.5, 0.6) is 6.01 Å². The first-order chi connectivity index (χ1) is 21.4. The average molecular weight is 623 g/mol. The van der Waals surface area contributed by atoms with Crippen LogP contribution in [0.1, 0.15) is 25.1 Å². The number of fused-ring (bicyclic) bond motifs is 2. The predicted molar refractivity (Wildman–Crippen MR) is 172 cm³/mol. The molecule has 3 aliphatic heterocycles. The van der Waals surface area contributed by atoms with Gasteiger partial charge in [-0.3, -0.25) is 9.69 Å². The number of alkyl halides is 1. The molecule has 234 valence electrons. The maximum atomic E-state index is 12.6. The van der Waals surface area contributed by atoms with Crippen molar-refractivity contribution in [1.29, 1.82) is 0 Å². The molecule has 1 unspecified atom stereocenters. The normalized spacial score (nSPS) is 19.7. The van der Waals surface area contributed by atoms with Gasteiger partial charge in [-0.05, 0) is 43.9 Å². The summed E-state index contributed by atoms with van der Waals surface area (Å²) in [6, 6.07) is 13.0. The van der Waals surface area contributed by atoms with Crippen LogP contribution in [0.2, 0.25) is 5.02 Å². The molecule has 2 saturated heterocycles. The molecule has 1 amide bonds. The second kappa shape index (κ2) is 13.7. The molecular weight excluding hydrogens is 583 g/mol. The summed E-state index contributed by atoms with van der Waals surface area (Å²) in [7, 11) is 0. The molecule has 0 radical (unpaired) electrons. The maximum absolute atomic E-state index is 12.6. The lowest BCUT2D eigenvalue weighted by atomic mass is 10.0. The van der Waals surface area contributed by atoms with Gasteiger partial charge < -0.3 is 24.2 Å². The van der Waals surface area contributed by atoms with Gasteiger partial charge in [0.2, 0.25) is 5.91 Å². The monoisotopic (exact) mass is 622 g/mol. The fourth-order valence-electron chi connectivity index (χ4n) is 6.33. The van der Waals surface area contributed by atoms with Gasteiger partial charge in [-0.2, -0.15) is 9.97 Å². The average Bonchev–Trinajstić information content (AvgIpc) is 3.05. The Balaban J connectivity index is 1.26. The van der Waals surface area contributed by atoms with Gasteiger partial charge in [0.1, 0.15) is 25.2 Å². The Hall–Kier alpha value is -3.47. The molecule has 6 rings (SSSR count). The molecule has 1 aromatic heterocycles. The Morgan fingerprint density at radius 1 is 1.09 bits per heavy atom. The number of morpholine rings is 1. The Morgan fingerprint density at radius 3 is 2.66 bits per heavy atom. The number of amides is 1. The molecule has 0 spiro atoms. The highest BCUT2D eigenvalue weighted by Crippen LogP contribution is 2.37. The van der Waals surface area contributed by atoms with E-state index < -0.39 is 6.67 Å². The minimum absolute atomic E-state index is 0.0597. The summed E-state index contributed by atoms with van der Waals surface area (Å²) in [4.78, 5) is 31.0. The number of benzene rings is 2. The highest BCUT2D eigenvalue weighted by Gasteiger charge is 2.30. The number of halogens is 2. The molecule has 2 aromatic carbocycles. The van der Waals surface area contributed by atoms with E-state index in [1.165, 1.54) is 12.2 Å². The largest absolute Gasteiger partial charge is 0.461 e. The quantitative estimate of drug-likeness (QED) is 0.340. The number of rotatable bonds is 8. The third-order valence-corrected chi connectivity index (χ3v) is 9.05. The lowest BCUT2D eigenvalue weighted by Gasteiger charge is -2.38. The van der Waals surface area contributed by atoms with Crippen LogP contribution in [0.25, 0.3) is 10.8 Å². The molecule has 0 saturated carbocycles. The first-order valence-corrected chi connectivity index (χ1v) is 15.9. The van der Waals surface area contributed by atoms with Crippen molar-refractivity contribution in [2.45, 2.75) is 39.0 Å². The van der Waals surface area contributed by atoms with Gasteiger partial charge in [0.25, 0.3) is 0 Å². The predicted octanol–water partition coefficient (Wildman–Crippen LogP) is 4.51. The van der Waals surface area contributed by atoms with E-state index in [1.807, 2.05) is 12.1 Å². The number of anilines is 2. The smallest absolute Gasteiger partial charge is 0.318 e. The minimum Gasteiger partial charge on any atom is -0.461 e. The van der Waals surface area contributed by atoms with E-state index in [2.05, 4.69) is 52.8 Å². The summed E-state index contributed by atoms with van der Waals surface area (Å²) in [5.74, 6) is 0.698. The Bertz CT molecular complexity index is 1510. The molecule has 0 N–H and O–H groups in total. The molecule has 3 aromatic rings. The molecule has 2 fully saturated rings. The number of aromatic nitrogens is 2. The zero-order valence-electron chi connectivity index (χ0n) is 25.4. The highest BCUT2D eigenvalue weighted by molar-refractivity contribution is 6.36. The zero-order chi connectivity index (χ0) is 30.6. The summed E-state index contributed by atoms with van der Waals surface area (Å²) in [5.41, 5.74) is 3.12. The molecule has 3 aliphatic rings. The number of allylic oxidation sites excluding steroid dienone is 1. The van der Waals surface area contributed by atoms with E-state index in [-0.39, 0.29) is 12.0 Å². The van der Waals surface area contributed by atoms with Gasteiger partial charge in [0, 0.05) is 74.6 Å². The molecule has 11 heteroatoms. The van der Waals surface area contributed by atoms with E-state index in [1.54, 1.807) is 4.90 Å². The van der Waals surface area contributed by atoms with Crippen LogP contribution >= 0.6 is 11.6 Å². The summed E-state index contributed by atoms with van der Waals surface area (Å²) >= 11 is 6.70. The molecule has 1 atom stereocenters. The van der Waals surface area contributed by atoms with Crippen LogP contribution in [-0.2, 0) is 22.5 Å². The molecule has 0 aliphatic carbocycles. The van der Waals surface area contributed by atoms with Gasteiger partial charge in [-0.25, -0.2) is 4.39 Å². The third-order valence-electron chi connectivity index (χ3n) is 8.73. The van der Waals surface area contributed by atoms with Crippen molar-refractivity contribution in [3.05, 3.63) is 64.8 Å². The number of carbonyl (C=O) groups is 1. The minimum atomic E-state index is -0.648. The van der Waals surface area contributed by atoms with E-state index in [4.69, 9.17) is 31.0 Å². The summed E-state index contributed by atoms with van der Waals surface area (Å²) in [6.45, 7) is 10.2. The first kappa shape index (κ1) is 30.6. The number of nitrogens with zero attached hydrogens (tertiary/aromatic N) is 6. The fourth-order valence-corrected chi connectivity index (χ4v) is 6.61. The van der Waals surface area contributed by atoms with Crippen LogP contribution in [0.3, 0.4) is 0 Å². The van der Waals surface area contributed by atoms with E-state index >= 15 is 0 Å². The summed E-state index contributed by atoms with van der Waals surface area (Å²) < 4.78 is 24.8. The van der Waals surface area contributed by atoms with Gasteiger partial charge in [-0.15, -0.1) is 0 Å². The maximum Gasteiger partial charge on any atom is 0.318 e. The highest BCUT2D eigenvalue weighted by atomic mass is 35.5. The number of hydrogen-bond acceptors (Lipinski definition) is 8. The second-order valence-corrected chi connectivity index (χ2v) is 12.2. The van der Waals surface area contributed by atoms with Crippen molar-refractivity contribution in [2.75, 3.05) is 75.5 Å². The van der Waals surface area contributed by atoms with Crippen LogP contribution in [-0.4, -0.2) is 104 Å². The van der Waals surface area contributed by atoms with Crippen LogP contribution in [0, 0.1) is 0 Å². The van der Waals surface area contributed by atoms with Gasteiger partial charge in [0.05, 0.1) is 23.9 Å². The van der Waals surface area contributed by atoms with Crippen molar-refractivity contribution in [3.63, 3.8) is 0 Å². The van der Waals surface area contributed by atoms with Crippen molar-refractivity contribution in [1.82, 2.24) is 19.8 Å². The van der Waals surface area contributed by atoms with Crippen LogP contribution in [0.4, 0.5) is 15.9 Å². The SMILES string of the molecule is CC(C)N1CCOC(COc2nc3c(c(N4CCN(C(=O)/C=C/CF)CC4)n2)CCN(c2cccc4cccc(Cl)c24)C3)C1. The van der Waals surface area contributed by atoms with E-state index in [9.17, 15) is 9.18 Å². The van der Waals surface area contributed by atoms with Crippen molar-refractivity contribution >= 4 is 39.8 Å². The first-order valence-electron chi connectivity index (χ1n) is 15.5. The Morgan fingerprint density at radius 2 is 1.89 bits per heavy atom. The van der Waals surface area contributed by atoms with Gasteiger partial charge in [-0.1, -0.05) is 35.9 Å². The van der Waals surface area contributed by atoms with Crippen molar-refractivity contribution in [3.8, 4) is 6.01 Å². The standard InChI is InChI=1S/C33H40ClFN6O3/c1-23(2)40-18-19-43-25(20-40)22-44-33-36-28-21-41(29-9-4-7-24-6-3-8-27(34)31(24)29)13-11-26(28)32(37-33)39-16-14-38(15-17-39)30(42)10-5-12-35/h3-10,23,25H,11-22H2,1-2H3/b10-5+. The molecule has 44 heavy (non-hydrogen) atoms. The second-order valence-electron chi connectivity index (χ2n) is 11.8. The number of piperazine rings is 1. The number of hydrogen-bond donors (Lipinski definition) is 0. The lowest BCUT2D eigenvalue weighted by molar-refractivity contribution is -0.126. The summed E-state index contributed by atoms with van der Waals surface area (Å²) in [5, 5.41) is 2.87. The van der Waals surface area contributed by atoms with Crippen LogP contribution < -0.4 is 14.5 Å². The Kier molecular flexibility index (Phi) is 9.49. The van der Waals surface area contributed by atoms with E-state index in [0.717, 1.165) is 64.6 Å². The van der Waals surface area contributed by atoms with Crippen LogP contribution in [0.15, 0.2) is 48.6 Å². The molecule has 0 bridgehead atoms. The van der Waals surface area contributed by atoms with Crippen molar-refractivity contribution in [2.24, 2.45) is 0 Å². The van der Waals surface area contributed by atoms with Gasteiger partial charge >= 0.3 is 6.01 Å².